The first-order chi connectivity index (χ1) is 12.2. The molecular formula is C21H29NO3. The predicted molar refractivity (Wildman–Crippen MR) is 96.7 cm³/mol. The van der Waals surface area contributed by atoms with Crippen LogP contribution < -0.4 is 10.1 Å². The molecule has 1 saturated carbocycles. The number of nitrogens with one attached hydrogen (secondary N) is 1. The molecule has 1 saturated heterocycles. The van der Waals surface area contributed by atoms with Gasteiger partial charge in [0.15, 0.2) is 0 Å². The van der Waals surface area contributed by atoms with Gasteiger partial charge in [-0.1, -0.05) is 25.8 Å². The average molecular weight is 343 g/mol. The van der Waals surface area contributed by atoms with Gasteiger partial charge in [-0.05, 0) is 67.8 Å². The van der Waals surface area contributed by atoms with Crippen LogP contribution in [-0.4, -0.2) is 25.3 Å². The van der Waals surface area contributed by atoms with Crippen molar-refractivity contribution in [3.05, 3.63) is 29.3 Å². The van der Waals surface area contributed by atoms with Gasteiger partial charge in [0, 0.05) is 17.9 Å². The van der Waals surface area contributed by atoms with E-state index in [1.54, 1.807) is 0 Å². The lowest BCUT2D eigenvalue weighted by Gasteiger charge is -2.56. The van der Waals surface area contributed by atoms with Crippen LogP contribution >= 0.6 is 0 Å². The maximum Gasteiger partial charge on any atom is 0.308 e. The fourth-order valence-corrected chi connectivity index (χ4v) is 5.43. The molecule has 0 amide bonds. The zero-order valence-electron chi connectivity index (χ0n) is 15.2. The Morgan fingerprint density at radius 2 is 2.24 bits per heavy atom. The highest BCUT2D eigenvalue weighted by Gasteiger charge is 2.51. The van der Waals surface area contributed by atoms with Crippen LogP contribution in [0.15, 0.2) is 18.2 Å². The molecule has 1 aromatic rings. The highest BCUT2D eigenvalue weighted by Crippen LogP contribution is 2.54. The Kier molecular flexibility index (Phi) is 4.72. The van der Waals surface area contributed by atoms with E-state index >= 15 is 0 Å². The van der Waals surface area contributed by atoms with Gasteiger partial charge in [-0.3, -0.25) is 4.79 Å². The van der Waals surface area contributed by atoms with E-state index in [2.05, 4.69) is 17.4 Å². The summed E-state index contributed by atoms with van der Waals surface area (Å²) in [6, 6.07) is 7.14. The maximum absolute atomic E-state index is 11.5. The summed E-state index contributed by atoms with van der Waals surface area (Å²) in [6.07, 6.45) is 8.97. The van der Waals surface area contributed by atoms with Gasteiger partial charge in [0.2, 0.25) is 6.79 Å². The first kappa shape index (κ1) is 16.9. The summed E-state index contributed by atoms with van der Waals surface area (Å²) in [5.41, 5.74) is 3.32. The molecule has 2 aliphatic carbocycles. The van der Waals surface area contributed by atoms with Crippen molar-refractivity contribution in [3.8, 4) is 5.75 Å². The number of rotatable bonds is 5. The fraction of sp³-hybridized carbons (Fsp3) is 0.667. The number of ether oxygens (including phenoxy) is 2. The summed E-state index contributed by atoms with van der Waals surface area (Å²) >= 11 is 0. The van der Waals surface area contributed by atoms with Gasteiger partial charge >= 0.3 is 5.97 Å². The zero-order chi connectivity index (χ0) is 17.3. The number of esters is 1. The van der Waals surface area contributed by atoms with Crippen molar-refractivity contribution in [1.82, 2.24) is 5.32 Å². The minimum Gasteiger partial charge on any atom is -0.457 e. The quantitative estimate of drug-likeness (QED) is 0.654. The highest BCUT2D eigenvalue weighted by atomic mass is 16.7. The van der Waals surface area contributed by atoms with Crippen LogP contribution in [-0.2, 0) is 21.4 Å². The number of fused-ring (bicyclic) bond motifs is 1. The molecule has 1 N–H and O–H groups in total. The number of piperidine rings is 1. The number of hydrogen-bond acceptors (Lipinski definition) is 4. The summed E-state index contributed by atoms with van der Waals surface area (Å²) < 4.78 is 10.9. The number of hydrogen-bond donors (Lipinski definition) is 1. The molecule has 136 valence electrons. The SMILES string of the molecule is CCCC(=O)OCOc1ccc2c(c1)[C@@]13CCCC[C@@H]1[C@H](C2)NCC3. The topological polar surface area (TPSA) is 47.6 Å². The second-order valence-corrected chi connectivity index (χ2v) is 7.87. The van der Waals surface area contributed by atoms with E-state index in [1.165, 1.54) is 43.2 Å². The van der Waals surface area contributed by atoms with Crippen LogP contribution in [0, 0.1) is 5.92 Å². The largest absolute Gasteiger partial charge is 0.457 e. The first-order valence-corrected chi connectivity index (χ1v) is 9.88. The van der Waals surface area contributed by atoms with E-state index < -0.39 is 0 Å². The first-order valence-electron chi connectivity index (χ1n) is 9.88. The maximum atomic E-state index is 11.5. The second-order valence-electron chi connectivity index (χ2n) is 7.87. The van der Waals surface area contributed by atoms with E-state index in [9.17, 15) is 4.79 Å². The van der Waals surface area contributed by atoms with E-state index in [0.717, 1.165) is 31.1 Å². The monoisotopic (exact) mass is 343 g/mol. The summed E-state index contributed by atoms with van der Waals surface area (Å²) in [6.45, 7) is 3.11. The van der Waals surface area contributed by atoms with Crippen LogP contribution in [0.2, 0.25) is 0 Å². The van der Waals surface area contributed by atoms with E-state index in [-0.39, 0.29) is 12.8 Å². The van der Waals surface area contributed by atoms with Gasteiger partial charge in [0.1, 0.15) is 5.75 Å². The minimum absolute atomic E-state index is 0.0121. The van der Waals surface area contributed by atoms with E-state index in [4.69, 9.17) is 9.47 Å². The Balaban J connectivity index is 1.54. The van der Waals surface area contributed by atoms with Gasteiger partial charge in [-0.15, -0.1) is 0 Å². The molecule has 1 aliphatic heterocycles. The van der Waals surface area contributed by atoms with Crippen LogP contribution in [0.25, 0.3) is 0 Å². The third kappa shape index (κ3) is 3.05. The van der Waals surface area contributed by atoms with Crippen molar-refractivity contribution in [2.24, 2.45) is 5.92 Å². The number of benzene rings is 1. The molecule has 3 atom stereocenters. The average Bonchev–Trinajstić information content (AvgIpc) is 2.62. The Bertz CT molecular complexity index is 640. The number of carbonyl (C=O) groups is 1. The third-order valence-corrected chi connectivity index (χ3v) is 6.52. The van der Waals surface area contributed by atoms with Crippen LogP contribution in [0.4, 0.5) is 0 Å². The zero-order valence-corrected chi connectivity index (χ0v) is 15.2. The molecule has 2 fully saturated rings. The predicted octanol–water partition coefficient (Wildman–Crippen LogP) is 3.71. The van der Waals surface area contributed by atoms with E-state index in [1.807, 2.05) is 13.0 Å². The molecular weight excluding hydrogens is 314 g/mol. The Labute approximate surface area is 150 Å². The standard InChI is InChI=1S/C21H29NO3/c1-2-5-20(23)25-14-24-16-8-7-15-12-19-17-6-3-4-9-21(17,10-11-22-19)18(15)13-16/h7-8,13,17,19,22H,2-6,9-12,14H2,1H3/t17-,19+,21-/m1/s1. The smallest absolute Gasteiger partial charge is 0.308 e. The van der Waals surface area contributed by atoms with Gasteiger partial charge in [0.25, 0.3) is 0 Å². The Morgan fingerprint density at radius 3 is 3.12 bits per heavy atom. The van der Waals surface area contributed by atoms with Gasteiger partial charge in [0.05, 0.1) is 0 Å². The summed E-state index contributed by atoms with van der Waals surface area (Å²) in [5.74, 6) is 1.41. The highest BCUT2D eigenvalue weighted by molar-refractivity contribution is 5.69. The molecule has 4 heteroatoms. The van der Waals surface area contributed by atoms with Crippen molar-refractivity contribution >= 4 is 5.97 Å². The van der Waals surface area contributed by atoms with Crippen molar-refractivity contribution in [2.75, 3.05) is 13.3 Å². The van der Waals surface area contributed by atoms with Crippen LogP contribution in [0.1, 0.15) is 63.0 Å². The molecule has 0 radical (unpaired) electrons. The lowest BCUT2D eigenvalue weighted by atomic mass is 9.53. The minimum atomic E-state index is -0.187. The summed E-state index contributed by atoms with van der Waals surface area (Å²) in [5, 5.41) is 3.77. The molecule has 4 rings (SSSR count). The molecule has 0 spiro atoms. The lowest BCUT2D eigenvalue weighted by Crippen LogP contribution is -2.59. The normalized spacial score (nSPS) is 30.1. The van der Waals surface area contributed by atoms with Crippen molar-refractivity contribution < 1.29 is 14.3 Å². The van der Waals surface area contributed by atoms with Crippen molar-refractivity contribution in [1.29, 1.82) is 0 Å². The fourth-order valence-electron chi connectivity index (χ4n) is 5.43. The summed E-state index contributed by atoms with van der Waals surface area (Å²) in [7, 11) is 0. The molecule has 1 heterocycles. The molecule has 0 unspecified atom stereocenters. The second kappa shape index (κ2) is 6.99. The van der Waals surface area contributed by atoms with Gasteiger partial charge in [-0.2, -0.15) is 0 Å². The Morgan fingerprint density at radius 1 is 1.32 bits per heavy atom. The van der Waals surface area contributed by atoms with E-state index in [0.29, 0.717) is 17.9 Å². The van der Waals surface area contributed by atoms with Crippen molar-refractivity contribution in [3.63, 3.8) is 0 Å². The third-order valence-electron chi connectivity index (χ3n) is 6.52. The summed E-state index contributed by atoms with van der Waals surface area (Å²) in [4.78, 5) is 11.5. The van der Waals surface area contributed by atoms with Gasteiger partial charge in [-0.25, -0.2) is 0 Å². The molecule has 25 heavy (non-hydrogen) atoms. The number of carbonyl (C=O) groups excluding carboxylic acids is 1. The molecule has 3 aliphatic rings. The molecule has 2 bridgehead atoms. The van der Waals surface area contributed by atoms with Crippen LogP contribution in [0.5, 0.6) is 5.75 Å². The van der Waals surface area contributed by atoms with Gasteiger partial charge < -0.3 is 14.8 Å². The molecule has 0 aromatic heterocycles. The Hall–Kier alpha value is -1.55. The molecule has 4 nitrogen and oxygen atoms in total. The van der Waals surface area contributed by atoms with Crippen LogP contribution in [0.3, 0.4) is 0 Å². The lowest BCUT2D eigenvalue weighted by molar-refractivity contribution is -0.150. The molecule has 1 aromatic carbocycles. The van der Waals surface area contributed by atoms with Crippen molar-refractivity contribution in [2.45, 2.75) is 69.7 Å².